The molecule has 0 unspecified atom stereocenters. The number of hydrogen-bond donors (Lipinski definition) is 2. The second-order valence-electron chi connectivity index (χ2n) is 4.42. The number of nitrogens with one attached hydrogen (secondary N) is 1. The number of hydrogen-bond acceptors (Lipinski definition) is 6. The molecule has 0 aliphatic carbocycles. The fourth-order valence-corrected chi connectivity index (χ4v) is 2.76. The highest BCUT2D eigenvalue weighted by Gasteiger charge is 2.14. The van der Waals surface area contributed by atoms with Gasteiger partial charge in [-0.2, -0.15) is 5.10 Å². The molecule has 8 heteroatoms. The molecular formula is C15H12N6OS. The summed E-state index contributed by atoms with van der Waals surface area (Å²) in [4.78, 5) is 24.4. The van der Waals surface area contributed by atoms with Crippen LogP contribution in [0, 0.1) is 0 Å². The van der Waals surface area contributed by atoms with Crippen molar-refractivity contribution in [2.45, 2.75) is 0 Å². The van der Waals surface area contributed by atoms with Crippen LogP contribution in [0.2, 0.25) is 0 Å². The number of rotatable bonds is 4. The fourth-order valence-electron chi connectivity index (χ4n) is 1.86. The third kappa shape index (κ3) is 3.55. The third-order valence-electron chi connectivity index (χ3n) is 2.83. The molecule has 0 atom stereocenters. The fraction of sp³-hybridized carbons (Fsp3) is 0. The molecule has 0 aliphatic heterocycles. The van der Waals surface area contributed by atoms with Crippen molar-refractivity contribution in [2.24, 2.45) is 10.8 Å². The molecule has 0 fully saturated rings. The maximum atomic E-state index is 11.0. The smallest absolute Gasteiger partial charge is 0.332 e. The Balaban J connectivity index is 1.99. The molecule has 3 heterocycles. The summed E-state index contributed by atoms with van der Waals surface area (Å²) in [6.07, 6.45) is 6.78. The highest BCUT2D eigenvalue weighted by Crippen LogP contribution is 2.25. The minimum atomic E-state index is -0.740. The molecular weight excluding hydrogens is 312 g/mol. The monoisotopic (exact) mass is 324 g/mol. The molecule has 23 heavy (non-hydrogen) atoms. The average molecular weight is 324 g/mol. The third-order valence-corrected chi connectivity index (χ3v) is 3.89. The maximum Gasteiger partial charge on any atom is 0.332 e. The molecule has 0 bridgehead atoms. The number of carbonyl (C=O) groups excluding carboxylic acids is 1. The largest absolute Gasteiger partial charge is 0.350 e. The van der Waals surface area contributed by atoms with Crippen molar-refractivity contribution in [3.63, 3.8) is 0 Å². The van der Waals surface area contributed by atoms with Crippen LogP contribution in [0.5, 0.6) is 0 Å². The van der Waals surface area contributed by atoms with Crippen molar-refractivity contribution in [1.29, 1.82) is 0 Å². The summed E-state index contributed by atoms with van der Waals surface area (Å²) in [5.74, 6) is 0. The molecule has 3 aromatic rings. The number of primary amides is 1. The van der Waals surface area contributed by atoms with Crippen LogP contribution >= 0.6 is 11.3 Å². The van der Waals surface area contributed by atoms with E-state index >= 15 is 0 Å². The Bertz CT molecular complexity index is 831. The Morgan fingerprint density at radius 2 is 2.04 bits per heavy atom. The first kappa shape index (κ1) is 14.8. The van der Waals surface area contributed by atoms with E-state index in [1.165, 1.54) is 11.3 Å². The number of amides is 2. The molecule has 0 saturated heterocycles. The van der Waals surface area contributed by atoms with E-state index < -0.39 is 6.03 Å². The molecule has 2 amide bonds. The van der Waals surface area contributed by atoms with Gasteiger partial charge in [0.25, 0.3) is 0 Å². The summed E-state index contributed by atoms with van der Waals surface area (Å²) in [6.45, 7) is 0. The Morgan fingerprint density at radius 1 is 1.13 bits per heavy atom. The second-order valence-corrected chi connectivity index (χ2v) is 5.45. The van der Waals surface area contributed by atoms with Crippen molar-refractivity contribution >= 4 is 23.1 Å². The van der Waals surface area contributed by atoms with Crippen LogP contribution in [0.25, 0.3) is 10.6 Å². The Labute approximate surface area is 135 Å². The van der Waals surface area contributed by atoms with E-state index in [4.69, 9.17) is 5.73 Å². The lowest BCUT2D eigenvalue weighted by Crippen LogP contribution is -2.26. The van der Waals surface area contributed by atoms with Crippen molar-refractivity contribution in [2.75, 3.05) is 0 Å². The van der Waals surface area contributed by atoms with Gasteiger partial charge >= 0.3 is 6.03 Å². The lowest BCUT2D eigenvalue weighted by atomic mass is 10.2. The van der Waals surface area contributed by atoms with Gasteiger partial charge in [-0.15, -0.1) is 11.3 Å². The zero-order valence-electron chi connectivity index (χ0n) is 11.9. The number of aromatic nitrogens is 3. The molecule has 3 N–H and O–H groups in total. The predicted molar refractivity (Wildman–Crippen MR) is 87.9 cm³/mol. The summed E-state index contributed by atoms with van der Waals surface area (Å²) < 4.78 is 0. The number of nitrogens with zero attached hydrogens (tertiary/aromatic N) is 4. The second kappa shape index (κ2) is 6.75. The van der Waals surface area contributed by atoms with Crippen LogP contribution in [0.15, 0.2) is 60.2 Å². The minimum Gasteiger partial charge on any atom is -0.350 e. The lowest BCUT2D eigenvalue weighted by Gasteiger charge is -2.02. The first-order valence-corrected chi connectivity index (χ1v) is 7.47. The quantitative estimate of drug-likeness (QED) is 0.565. The van der Waals surface area contributed by atoms with Gasteiger partial charge in [0.1, 0.15) is 10.7 Å². The van der Waals surface area contributed by atoms with E-state index in [9.17, 15) is 4.79 Å². The summed E-state index contributed by atoms with van der Waals surface area (Å²) in [7, 11) is 0. The number of pyridine rings is 2. The van der Waals surface area contributed by atoms with Crippen LogP contribution in [0.4, 0.5) is 4.79 Å². The standard InChI is InChI=1S/C15H12N6OS/c16-15(22)21-20-13(11-5-1-2-7-18-11)12-9-19-14(23-12)10-4-3-6-17-8-10/h1-9H,(H3,16,21,22). The van der Waals surface area contributed by atoms with Crippen molar-refractivity contribution < 1.29 is 4.79 Å². The van der Waals surface area contributed by atoms with Gasteiger partial charge in [0, 0.05) is 30.4 Å². The zero-order chi connectivity index (χ0) is 16.1. The van der Waals surface area contributed by atoms with Gasteiger partial charge in [0.05, 0.1) is 10.6 Å². The lowest BCUT2D eigenvalue weighted by molar-refractivity contribution is 0.249. The SMILES string of the molecule is NC(=O)NN=C(c1ccccn1)c1cnc(-c2cccnc2)s1. The van der Waals surface area contributed by atoms with E-state index in [0.717, 1.165) is 15.4 Å². The van der Waals surface area contributed by atoms with Crippen LogP contribution in [-0.2, 0) is 0 Å². The van der Waals surface area contributed by atoms with Gasteiger partial charge in [-0.3, -0.25) is 9.97 Å². The highest BCUT2D eigenvalue weighted by molar-refractivity contribution is 7.17. The molecule has 114 valence electrons. The molecule has 7 nitrogen and oxygen atoms in total. The van der Waals surface area contributed by atoms with Crippen LogP contribution < -0.4 is 11.2 Å². The van der Waals surface area contributed by atoms with E-state index in [2.05, 4.69) is 25.5 Å². The van der Waals surface area contributed by atoms with Gasteiger partial charge in [-0.1, -0.05) is 6.07 Å². The van der Waals surface area contributed by atoms with Gasteiger partial charge < -0.3 is 5.73 Å². The molecule has 0 aromatic carbocycles. The Kier molecular flexibility index (Phi) is 4.34. The first-order chi connectivity index (χ1) is 11.2. The maximum absolute atomic E-state index is 11.0. The van der Waals surface area contributed by atoms with E-state index in [-0.39, 0.29) is 0 Å². The summed E-state index contributed by atoms with van der Waals surface area (Å²) in [6, 6.07) is 8.47. The van der Waals surface area contributed by atoms with Gasteiger partial charge in [0.2, 0.25) is 0 Å². The number of urea groups is 1. The number of hydrazone groups is 1. The van der Waals surface area contributed by atoms with Gasteiger partial charge in [-0.05, 0) is 24.3 Å². The molecule has 0 spiro atoms. The van der Waals surface area contributed by atoms with Crippen LogP contribution in [0.3, 0.4) is 0 Å². The molecule has 0 saturated carbocycles. The van der Waals surface area contributed by atoms with Crippen LogP contribution in [0.1, 0.15) is 10.6 Å². The van der Waals surface area contributed by atoms with Gasteiger partial charge in [0.15, 0.2) is 0 Å². The Morgan fingerprint density at radius 3 is 2.74 bits per heavy atom. The molecule has 3 rings (SSSR count). The molecule has 0 aliphatic rings. The van der Waals surface area contributed by atoms with E-state index in [1.807, 2.05) is 18.2 Å². The summed E-state index contributed by atoms with van der Waals surface area (Å²) >= 11 is 1.43. The van der Waals surface area contributed by atoms with Gasteiger partial charge in [-0.25, -0.2) is 15.2 Å². The molecule has 3 aromatic heterocycles. The Hall–Kier alpha value is -3.13. The van der Waals surface area contributed by atoms with E-state index in [1.54, 1.807) is 36.9 Å². The highest BCUT2D eigenvalue weighted by atomic mass is 32.1. The average Bonchev–Trinajstić information content (AvgIpc) is 3.06. The van der Waals surface area contributed by atoms with Crippen molar-refractivity contribution in [1.82, 2.24) is 20.4 Å². The van der Waals surface area contributed by atoms with Crippen molar-refractivity contribution in [3.05, 3.63) is 65.7 Å². The van der Waals surface area contributed by atoms with Crippen LogP contribution in [-0.4, -0.2) is 26.7 Å². The number of nitrogens with two attached hydrogens (primary N) is 1. The number of carbonyl (C=O) groups is 1. The summed E-state index contributed by atoms with van der Waals surface area (Å²) in [5.41, 5.74) is 9.36. The zero-order valence-corrected chi connectivity index (χ0v) is 12.7. The first-order valence-electron chi connectivity index (χ1n) is 6.65. The topological polar surface area (TPSA) is 106 Å². The summed E-state index contributed by atoms with van der Waals surface area (Å²) in [5, 5.41) is 4.86. The number of thiazole rings is 1. The predicted octanol–water partition coefficient (Wildman–Crippen LogP) is 2.02. The van der Waals surface area contributed by atoms with Crippen molar-refractivity contribution in [3.8, 4) is 10.6 Å². The van der Waals surface area contributed by atoms with E-state index in [0.29, 0.717) is 11.4 Å². The minimum absolute atomic E-state index is 0.497. The normalized spacial score (nSPS) is 11.2. The molecule has 0 radical (unpaired) electrons.